The molecule has 0 radical (unpaired) electrons. The van der Waals surface area contributed by atoms with Crippen molar-refractivity contribution in [3.8, 4) is 0 Å². The van der Waals surface area contributed by atoms with Crippen LogP contribution < -0.4 is 10.6 Å². The highest BCUT2D eigenvalue weighted by atomic mass is 19.4. The van der Waals surface area contributed by atoms with Gasteiger partial charge in [-0.05, 0) is 25.0 Å². The third-order valence-corrected chi connectivity index (χ3v) is 3.63. The lowest BCUT2D eigenvalue weighted by Crippen LogP contribution is -2.15. The second-order valence-electron chi connectivity index (χ2n) is 5.69. The van der Waals surface area contributed by atoms with Gasteiger partial charge in [0.05, 0.1) is 16.9 Å². The summed E-state index contributed by atoms with van der Waals surface area (Å²) in [4.78, 5) is 19.0. The number of halogens is 3. The van der Waals surface area contributed by atoms with E-state index in [4.69, 9.17) is 5.11 Å². The fraction of sp³-hybridized carbons (Fsp3) is 0.312. The van der Waals surface area contributed by atoms with E-state index in [-0.39, 0.29) is 29.9 Å². The molecule has 0 spiro atoms. The minimum atomic E-state index is -4.50. The highest BCUT2D eigenvalue weighted by Gasteiger charge is 2.33. The lowest BCUT2D eigenvalue weighted by Gasteiger charge is -2.15. The van der Waals surface area contributed by atoms with Crippen molar-refractivity contribution in [2.45, 2.75) is 24.9 Å². The van der Waals surface area contributed by atoms with Crippen LogP contribution in [0.1, 0.15) is 30.0 Å². The molecule has 2 aromatic rings. The van der Waals surface area contributed by atoms with E-state index in [9.17, 15) is 18.0 Å². The largest absolute Gasteiger partial charge is 0.480 e. The first-order valence-corrected chi connectivity index (χ1v) is 7.61. The Bertz CT molecular complexity index is 791. The number of aliphatic carboxylic acids is 1. The van der Waals surface area contributed by atoms with Crippen molar-refractivity contribution in [3.05, 3.63) is 41.6 Å². The van der Waals surface area contributed by atoms with Gasteiger partial charge in [0.15, 0.2) is 0 Å². The summed E-state index contributed by atoms with van der Waals surface area (Å²) in [5.41, 5.74) is -0.254. The van der Waals surface area contributed by atoms with Gasteiger partial charge in [0.1, 0.15) is 12.4 Å². The summed E-state index contributed by atoms with van der Waals surface area (Å²) < 4.78 is 39.3. The monoisotopic (exact) mass is 352 g/mol. The summed E-state index contributed by atoms with van der Waals surface area (Å²) in [5.74, 6) is -0.607. The quantitative estimate of drug-likeness (QED) is 0.736. The molecule has 1 aromatic heterocycles. The Kier molecular flexibility index (Phi) is 4.47. The number of hydrogen-bond donors (Lipinski definition) is 3. The van der Waals surface area contributed by atoms with Crippen molar-refractivity contribution in [1.82, 2.24) is 9.97 Å². The number of nitrogens with zero attached hydrogens (tertiary/aromatic N) is 2. The van der Waals surface area contributed by atoms with Gasteiger partial charge in [-0.25, -0.2) is 4.98 Å². The summed E-state index contributed by atoms with van der Waals surface area (Å²) >= 11 is 0. The molecule has 25 heavy (non-hydrogen) atoms. The third-order valence-electron chi connectivity index (χ3n) is 3.63. The predicted octanol–water partition coefficient (Wildman–Crippen LogP) is 3.61. The second kappa shape index (κ2) is 6.58. The van der Waals surface area contributed by atoms with Crippen molar-refractivity contribution in [2.24, 2.45) is 0 Å². The molecule has 132 valence electrons. The van der Waals surface area contributed by atoms with Gasteiger partial charge in [0.25, 0.3) is 0 Å². The molecule has 3 rings (SSSR count). The van der Waals surface area contributed by atoms with Crippen LogP contribution in [0.3, 0.4) is 0 Å². The topological polar surface area (TPSA) is 87.1 Å². The molecule has 6 nitrogen and oxygen atoms in total. The van der Waals surface area contributed by atoms with Crippen molar-refractivity contribution in [1.29, 1.82) is 0 Å². The minimum absolute atomic E-state index is 0.0683. The van der Waals surface area contributed by atoms with Crippen LogP contribution in [0.25, 0.3) is 0 Å². The standard InChI is InChI=1S/C16H15F3N4O2/c17-16(18,19)10-3-1-2-4-11(10)21-13-7-12(9-5-6-9)22-15(23-13)20-8-14(24)25/h1-4,7,9H,5-6,8H2,(H,24,25)(H2,20,21,22,23). The first-order valence-electron chi connectivity index (χ1n) is 7.61. The molecular formula is C16H15F3N4O2. The van der Waals surface area contributed by atoms with Gasteiger partial charge in [-0.2, -0.15) is 18.2 Å². The van der Waals surface area contributed by atoms with Crippen LogP contribution in [0.4, 0.5) is 30.6 Å². The molecule has 0 saturated heterocycles. The average Bonchev–Trinajstić information content (AvgIpc) is 3.37. The van der Waals surface area contributed by atoms with E-state index in [1.165, 1.54) is 18.2 Å². The Morgan fingerprint density at radius 2 is 1.96 bits per heavy atom. The van der Waals surface area contributed by atoms with E-state index < -0.39 is 17.7 Å². The summed E-state index contributed by atoms with van der Waals surface area (Å²) in [6, 6.07) is 6.69. The van der Waals surface area contributed by atoms with E-state index in [2.05, 4.69) is 20.6 Å². The van der Waals surface area contributed by atoms with Gasteiger partial charge in [-0.15, -0.1) is 0 Å². The van der Waals surface area contributed by atoms with E-state index >= 15 is 0 Å². The predicted molar refractivity (Wildman–Crippen MR) is 84.9 cm³/mol. The fourth-order valence-corrected chi connectivity index (χ4v) is 2.33. The molecule has 9 heteroatoms. The zero-order valence-corrected chi connectivity index (χ0v) is 13.0. The third kappa shape index (κ3) is 4.37. The summed E-state index contributed by atoms with van der Waals surface area (Å²) in [5, 5.41) is 14.0. The van der Waals surface area contributed by atoms with E-state index in [0.717, 1.165) is 18.9 Å². The maximum atomic E-state index is 13.1. The lowest BCUT2D eigenvalue weighted by molar-refractivity contribution is -0.137. The first-order chi connectivity index (χ1) is 11.8. The fourth-order valence-electron chi connectivity index (χ4n) is 2.33. The Hall–Kier alpha value is -2.84. The molecule has 1 aromatic carbocycles. The number of alkyl halides is 3. The van der Waals surface area contributed by atoms with Gasteiger partial charge in [-0.3, -0.25) is 4.79 Å². The van der Waals surface area contributed by atoms with E-state index in [1.54, 1.807) is 6.07 Å². The number of anilines is 3. The van der Waals surface area contributed by atoms with Gasteiger partial charge in [0, 0.05) is 12.0 Å². The summed E-state index contributed by atoms with van der Waals surface area (Å²) in [7, 11) is 0. The van der Waals surface area contributed by atoms with Gasteiger partial charge >= 0.3 is 12.1 Å². The smallest absolute Gasteiger partial charge is 0.418 e. The van der Waals surface area contributed by atoms with Crippen LogP contribution in [0.5, 0.6) is 0 Å². The number of rotatable bonds is 6. The lowest BCUT2D eigenvalue weighted by atomic mass is 10.1. The number of benzene rings is 1. The molecule has 1 heterocycles. The molecule has 0 atom stereocenters. The van der Waals surface area contributed by atoms with Gasteiger partial charge < -0.3 is 15.7 Å². The van der Waals surface area contributed by atoms with Gasteiger partial charge in [0.2, 0.25) is 5.95 Å². The van der Waals surface area contributed by atoms with Crippen LogP contribution in [0, 0.1) is 0 Å². The van der Waals surface area contributed by atoms with Crippen molar-refractivity contribution < 1.29 is 23.1 Å². The normalized spacial score (nSPS) is 14.2. The van der Waals surface area contributed by atoms with E-state index in [0.29, 0.717) is 5.69 Å². The Morgan fingerprint density at radius 1 is 1.24 bits per heavy atom. The van der Waals surface area contributed by atoms with Crippen LogP contribution in [0.2, 0.25) is 0 Å². The summed E-state index contributed by atoms with van der Waals surface area (Å²) in [6.07, 6.45) is -2.62. The number of hydrogen-bond acceptors (Lipinski definition) is 5. The molecular weight excluding hydrogens is 337 g/mol. The zero-order valence-electron chi connectivity index (χ0n) is 13.0. The SMILES string of the molecule is O=C(O)CNc1nc(Nc2ccccc2C(F)(F)F)cc(C2CC2)n1. The number of carbonyl (C=O) groups is 1. The number of carboxylic acids is 1. The Morgan fingerprint density at radius 3 is 2.60 bits per heavy atom. The molecule has 1 aliphatic rings. The van der Waals surface area contributed by atoms with Crippen LogP contribution in [-0.2, 0) is 11.0 Å². The van der Waals surface area contributed by atoms with Crippen molar-refractivity contribution in [3.63, 3.8) is 0 Å². The molecule has 1 saturated carbocycles. The van der Waals surface area contributed by atoms with Crippen molar-refractivity contribution >= 4 is 23.4 Å². The molecule has 0 aliphatic heterocycles. The number of para-hydroxylation sites is 1. The molecule has 3 N–H and O–H groups in total. The molecule has 0 bridgehead atoms. The second-order valence-corrected chi connectivity index (χ2v) is 5.69. The maximum absolute atomic E-state index is 13.1. The van der Waals surface area contributed by atoms with Crippen LogP contribution >= 0.6 is 0 Å². The zero-order chi connectivity index (χ0) is 18.0. The van der Waals surface area contributed by atoms with E-state index in [1.807, 2.05) is 0 Å². The minimum Gasteiger partial charge on any atom is -0.480 e. The first kappa shape index (κ1) is 17.0. The highest BCUT2D eigenvalue weighted by molar-refractivity contribution is 5.72. The van der Waals surface area contributed by atoms with Crippen LogP contribution in [0.15, 0.2) is 30.3 Å². The van der Waals surface area contributed by atoms with Gasteiger partial charge in [-0.1, -0.05) is 12.1 Å². The molecule has 1 fully saturated rings. The highest BCUT2D eigenvalue weighted by Crippen LogP contribution is 2.40. The number of aromatic nitrogens is 2. The summed E-state index contributed by atoms with van der Waals surface area (Å²) in [6.45, 7) is -0.382. The Labute approximate surface area is 141 Å². The maximum Gasteiger partial charge on any atom is 0.418 e. The van der Waals surface area contributed by atoms with Crippen molar-refractivity contribution in [2.75, 3.05) is 17.2 Å². The number of carboxylic acid groups (broad SMARTS) is 1. The molecule has 1 aliphatic carbocycles. The number of nitrogens with one attached hydrogen (secondary N) is 2. The Balaban J connectivity index is 1.90. The average molecular weight is 352 g/mol. The molecule has 0 amide bonds. The van der Waals surface area contributed by atoms with Crippen LogP contribution in [-0.4, -0.2) is 27.6 Å². The molecule has 0 unspecified atom stereocenters.